The monoisotopic (exact) mass is 172 g/mol. The average Bonchev–Trinajstić information content (AvgIpc) is 2.85. The van der Waals surface area contributed by atoms with Crippen LogP contribution in [-0.4, -0.2) is 12.1 Å². The minimum absolute atomic E-state index is 0.0520. The van der Waals surface area contributed by atoms with E-state index in [-0.39, 0.29) is 11.4 Å². The minimum atomic E-state index is -0.279. The summed E-state index contributed by atoms with van der Waals surface area (Å²) in [4.78, 5) is 15.5. The second kappa shape index (κ2) is 1.99. The summed E-state index contributed by atoms with van der Waals surface area (Å²) in [6.45, 7) is 0. The molecular weight excluding hydrogens is 164 g/mol. The number of amides is 1. The second-order valence-electron chi connectivity index (χ2n) is 3.45. The van der Waals surface area contributed by atoms with Crippen LogP contribution in [0.15, 0.2) is 29.3 Å². The van der Waals surface area contributed by atoms with Gasteiger partial charge < -0.3 is 5.32 Å². The third-order valence-electron chi connectivity index (χ3n) is 2.54. The third-order valence-corrected chi connectivity index (χ3v) is 2.54. The molecule has 0 aliphatic carbocycles. The molecule has 3 nitrogen and oxygen atoms in total. The van der Waals surface area contributed by atoms with Gasteiger partial charge in [-0.2, -0.15) is 0 Å². The van der Waals surface area contributed by atoms with Crippen molar-refractivity contribution in [2.75, 3.05) is 5.32 Å². The maximum atomic E-state index is 11.3. The van der Waals surface area contributed by atoms with Gasteiger partial charge >= 0.3 is 0 Å². The van der Waals surface area contributed by atoms with E-state index in [0.717, 1.165) is 11.3 Å². The first kappa shape index (κ1) is 6.83. The van der Waals surface area contributed by atoms with Crippen LogP contribution in [0, 0.1) is 0 Å². The lowest BCUT2D eigenvalue weighted by atomic mass is 9.89. The van der Waals surface area contributed by atoms with Gasteiger partial charge in [0.2, 0.25) is 5.91 Å². The van der Waals surface area contributed by atoms with Crippen molar-refractivity contribution in [1.82, 2.24) is 0 Å². The molecule has 1 atom stereocenters. The summed E-state index contributed by atoms with van der Waals surface area (Å²) >= 11 is 0. The summed E-state index contributed by atoms with van der Waals surface area (Å²) in [6.07, 6.45) is 2.31. The van der Waals surface area contributed by atoms with E-state index in [9.17, 15) is 4.79 Å². The van der Waals surface area contributed by atoms with Crippen LogP contribution >= 0.6 is 0 Å². The highest BCUT2D eigenvalue weighted by Gasteiger charge is 2.45. The quantitative estimate of drug-likeness (QED) is 0.629. The number of fused-ring (bicyclic) bond motifs is 2. The van der Waals surface area contributed by atoms with Gasteiger partial charge in [0.05, 0.1) is 6.42 Å². The van der Waals surface area contributed by atoms with Gasteiger partial charge in [0.25, 0.3) is 0 Å². The molecule has 1 amide bonds. The highest BCUT2D eigenvalue weighted by Crippen LogP contribution is 2.43. The van der Waals surface area contributed by atoms with Crippen LogP contribution in [0.2, 0.25) is 0 Å². The van der Waals surface area contributed by atoms with Crippen LogP contribution in [0.25, 0.3) is 0 Å². The predicted molar refractivity (Wildman–Crippen MR) is 49.9 cm³/mol. The van der Waals surface area contributed by atoms with Crippen LogP contribution in [-0.2, 0) is 10.3 Å². The Balaban J connectivity index is 2.18. The van der Waals surface area contributed by atoms with Crippen LogP contribution in [0.1, 0.15) is 12.0 Å². The van der Waals surface area contributed by atoms with E-state index >= 15 is 0 Å². The van der Waals surface area contributed by atoms with E-state index in [1.165, 1.54) is 0 Å². The molecule has 0 saturated heterocycles. The van der Waals surface area contributed by atoms with Crippen LogP contribution in [0.5, 0.6) is 0 Å². The normalized spacial score (nSPS) is 28.5. The lowest BCUT2D eigenvalue weighted by Crippen LogP contribution is -2.29. The predicted octanol–water partition coefficient (Wildman–Crippen LogP) is 1.31. The van der Waals surface area contributed by atoms with E-state index in [0.29, 0.717) is 6.42 Å². The van der Waals surface area contributed by atoms with E-state index in [1.807, 2.05) is 30.5 Å². The van der Waals surface area contributed by atoms with E-state index in [1.54, 1.807) is 0 Å². The SMILES string of the molecule is O=C1CC2(C=N2)c2ccccc2N1. The molecular formula is C10H8N2O. The molecule has 1 aromatic rings. The molecule has 1 N–H and O–H groups in total. The topological polar surface area (TPSA) is 41.5 Å². The van der Waals surface area contributed by atoms with Crippen LogP contribution in [0.3, 0.4) is 0 Å². The largest absolute Gasteiger partial charge is 0.326 e. The molecule has 0 bridgehead atoms. The zero-order valence-corrected chi connectivity index (χ0v) is 6.95. The molecule has 1 spiro atoms. The Morgan fingerprint density at radius 1 is 1.38 bits per heavy atom. The molecule has 1 unspecified atom stereocenters. The maximum Gasteiger partial charge on any atom is 0.227 e. The van der Waals surface area contributed by atoms with E-state index < -0.39 is 0 Å². The molecule has 13 heavy (non-hydrogen) atoms. The molecule has 1 aromatic carbocycles. The fraction of sp³-hybridized carbons (Fsp3) is 0.200. The van der Waals surface area contributed by atoms with Gasteiger partial charge in [0, 0.05) is 17.5 Å². The lowest BCUT2D eigenvalue weighted by Gasteiger charge is -2.23. The minimum Gasteiger partial charge on any atom is -0.326 e. The molecule has 3 rings (SSSR count). The molecule has 0 aromatic heterocycles. The summed E-state index contributed by atoms with van der Waals surface area (Å²) in [5, 5.41) is 2.84. The van der Waals surface area contributed by atoms with Crippen LogP contribution < -0.4 is 5.32 Å². The van der Waals surface area contributed by atoms with Crippen molar-refractivity contribution in [2.45, 2.75) is 12.0 Å². The highest BCUT2D eigenvalue weighted by molar-refractivity contribution is 6.04. The van der Waals surface area contributed by atoms with Gasteiger partial charge in [-0.05, 0) is 6.07 Å². The Kier molecular flexibility index (Phi) is 1.05. The van der Waals surface area contributed by atoms with Crippen molar-refractivity contribution >= 4 is 17.8 Å². The number of anilines is 1. The van der Waals surface area contributed by atoms with Gasteiger partial charge in [0.15, 0.2) is 0 Å². The lowest BCUT2D eigenvalue weighted by molar-refractivity contribution is -0.117. The van der Waals surface area contributed by atoms with Crippen molar-refractivity contribution in [3.8, 4) is 0 Å². The van der Waals surface area contributed by atoms with Gasteiger partial charge in [0.1, 0.15) is 5.54 Å². The number of benzene rings is 1. The highest BCUT2D eigenvalue weighted by atomic mass is 16.1. The molecule has 0 radical (unpaired) electrons. The Labute approximate surface area is 75.5 Å². The Morgan fingerprint density at radius 3 is 2.92 bits per heavy atom. The van der Waals surface area contributed by atoms with Gasteiger partial charge in [-0.3, -0.25) is 9.79 Å². The first-order chi connectivity index (χ1) is 6.30. The molecule has 0 fully saturated rings. The maximum absolute atomic E-state index is 11.3. The van der Waals surface area contributed by atoms with E-state index in [4.69, 9.17) is 0 Å². The van der Waals surface area contributed by atoms with Gasteiger partial charge in [-0.1, -0.05) is 18.2 Å². The standard InChI is InChI=1S/C10H8N2O/c13-9-5-10(6-11-10)7-3-1-2-4-8(7)12-9/h1-4,6H,5H2,(H,12,13). The number of hydrogen-bond acceptors (Lipinski definition) is 2. The molecule has 3 heteroatoms. The Hall–Kier alpha value is -1.64. The molecule has 64 valence electrons. The number of para-hydroxylation sites is 1. The number of carbonyl (C=O) groups excluding carboxylic acids is 1. The fourth-order valence-corrected chi connectivity index (χ4v) is 1.81. The number of nitrogens with one attached hydrogen (secondary N) is 1. The summed E-state index contributed by atoms with van der Waals surface area (Å²) in [5.41, 5.74) is 1.74. The fourth-order valence-electron chi connectivity index (χ4n) is 1.81. The summed E-state index contributed by atoms with van der Waals surface area (Å²) in [5.74, 6) is 0.0520. The molecule has 2 aliphatic rings. The Morgan fingerprint density at radius 2 is 2.15 bits per heavy atom. The van der Waals surface area contributed by atoms with Gasteiger partial charge in [-0.15, -0.1) is 0 Å². The number of rotatable bonds is 0. The van der Waals surface area contributed by atoms with Crippen molar-refractivity contribution in [1.29, 1.82) is 0 Å². The zero-order valence-electron chi connectivity index (χ0n) is 6.95. The van der Waals surface area contributed by atoms with Crippen LogP contribution in [0.4, 0.5) is 5.69 Å². The van der Waals surface area contributed by atoms with E-state index in [2.05, 4.69) is 10.3 Å². The van der Waals surface area contributed by atoms with Crippen molar-refractivity contribution in [3.05, 3.63) is 29.8 Å². The summed E-state index contributed by atoms with van der Waals surface area (Å²) in [7, 11) is 0. The summed E-state index contributed by atoms with van der Waals surface area (Å²) < 4.78 is 0. The van der Waals surface area contributed by atoms with Crippen molar-refractivity contribution < 1.29 is 4.79 Å². The van der Waals surface area contributed by atoms with Gasteiger partial charge in [-0.25, -0.2) is 0 Å². The first-order valence-corrected chi connectivity index (χ1v) is 4.26. The smallest absolute Gasteiger partial charge is 0.227 e. The number of aliphatic imine (C=N–C) groups is 1. The number of carbonyl (C=O) groups is 1. The zero-order chi connectivity index (χ0) is 8.89. The number of hydrogen-bond donors (Lipinski definition) is 1. The Bertz CT molecular complexity index is 417. The molecule has 2 aliphatic heterocycles. The average molecular weight is 172 g/mol. The molecule has 2 heterocycles. The first-order valence-electron chi connectivity index (χ1n) is 4.26. The third kappa shape index (κ3) is 0.840. The number of nitrogens with zero attached hydrogens (tertiary/aromatic N) is 1. The van der Waals surface area contributed by atoms with Crippen molar-refractivity contribution in [2.24, 2.45) is 4.99 Å². The summed E-state index contributed by atoms with van der Waals surface area (Å²) in [6, 6.07) is 7.82. The second-order valence-corrected chi connectivity index (χ2v) is 3.45. The van der Waals surface area contributed by atoms with Crippen molar-refractivity contribution in [3.63, 3.8) is 0 Å². The molecule has 0 saturated carbocycles.